The van der Waals surface area contributed by atoms with E-state index in [-0.39, 0.29) is 24.5 Å². The molecule has 0 spiro atoms. The Hall–Kier alpha value is -2.02. The van der Waals surface area contributed by atoms with Crippen LogP contribution in [0.3, 0.4) is 0 Å². The van der Waals surface area contributed by atoms with Gasteiger partial charge in [-0.1, -0.05) is 0 Å². The molecule has 0 aromatic carbocycles. The largest absolute Gasteiger partial charge is 0.444 e. The third kappa shape index (κ3) is 5.59. The minimum atomic E-state index is -0.501. The number of hydrogen-bond acceptors (Lipinski definition) is 6. The van der Waals surface area contributed by atoms with E-state index in [2.05, 4.69) is 15.3 Å². The van der Waals surface area contributed by atoms with Crippen LogP contribution in [0.4, 0.5) is 4.79 Å². The zero-order chi connectivity index (χ0) is 16.9. The van der Waals surface area contributed by atoms with E-state index < -0.39 is 5.60 Å². The summed E-state index contributed by atoms with van der Waals surface area (Å²) >= 11 is 0. The maximum atomic E-state index is 12.1. The summed E-state index contributed by atoms with van der Waals surface area (Å²) in [5.74, 6) is -0.104. The Bertz CT molecular complexity index is 542. The fraction of sp³-hybridized carbons (Fsp3) is 0.625. The number of carbonyl (C=O) groups is 2. The molecule has 0 saturated carbocycles. The molecule has 126 valence electrons. The van der Waals surface area contributed by atoms with Gasteiger partial charge in [0.15, 0.2) is 5.78 Å². The molecule has 2 heterocycles. The fourth-order valence-electron chi connectivity index (χ4n) is 2.41. The number of carbonyl (C=O) groups excluding carboxylic acids is 2. The number of likely N-dealkylation sites (tertiary alicyclic amines) is 1. The van der Waals surface area contributed by atoms with E-state index in [9.17, 15) is 9.59 Å². The number of Topliss-reactive ketones (excluding diaryl/α,β-unsaturated/α-hetero) is 1. The second-order valence-electron chi connectivity index (χ2n) is 6.66. The van der Waals surface area contributed by atoms with Gasteiger partial charge in [-0.05, 0) is 33.6 Å². The normalized spacial score (nSPS) is 18.6. The summed E-state index contributed by atoms with van der Waals surface area (Å²) in [6, 6.07) is 0.0805. The molecule has 7 heteroatoms. The van der Waals surface area contributed by atoms with Gasteiger partial charge in [-0.25, -0.2) is 9.78 Å². The smallest absolute Gasteiger partial charge is 0.410 e. The number of nitrogens with zero attached hydrogens (tertiary/aromatic N) is 3. The van der Waals surface area contributed by atoms with Crippen molar-refractivity contribution in [3.05, 3.63) is 24.3 Å². The molecule has 1 aromatic rings. The number of ether oxygens (including phenoxy) is 1. The molecule has 0 unspecified atom stereocenters. The molecule has 1 atom stereocenters. The van der Waals surface area contributed by atoms with Gasteiger partial charge in [-0.3, -0.25) is 9.78 Å². The van der Waals surface area contributed by atoms with Gasteiger partial charge in [0, 0.05) is 31.5 Å². The summed E-state index contributed by atoms with van der Waals surface area (Å²) in [5.41, 5.74) is -0.154. The second kappa shape index (κ2) is 7.50. The summed E-state index contributed by atoms with van der Waals surface area (Å²) in [7, 11) is 0. The highest BCUT2D eigenvalue weighted by Gasteiger charge is 2.27. The molecule has 1 aromatic heterocycles. The van der Waals surface area contributed by atoms with E-state index in [4.69, 9.17) is 4.74 Å². The standard InChI is InChI=1S/C16H24N4O3/c1-16(2,3)23-15(22)20-8-4-5-12(11-20)19-10-14(21)13-9-17-6-7-18-13/h6-7,9,12,19H,4-5,8,10-11H2,1-3H3/t12-/m1/s1. The van der Waals surface area contributed by atoms with Crippen LogP contribution in [0.25, 0.3) is 0 Å². The topological polar surface area (TPSA) is 84.4 Å². The molecule has 2 rings (SSSR count). The number of hydrogen-bond donors (Lipinski definition) is 1. The maximum absolute atomic E-state index is 12.1. The van der Waals surface area contributed by atoms with Crippen LogP contribution in [-0.2, 0) is 4.74 Å². The van der Waals surface area contributed by atoms with Gasteiger partial charge in [-0.2, -0.15) is 0 Å². The zero-order valence-electron chi connectivity index (χ0n) is 13.9. The van der Waals surface area contributed by atoms with E-state index in [1.807, 2.05) is 20.8 Å². The maximum Gasteiger partial charge on any atom is 0.410 e. The predicted octanol–water partition coefficient (Wildman–Crippen LogP) is 1.65. The Morgan fingerprint density at radius 1 is 1.39 bits per heavy atom. The van der Waals surface area contributed by atoms with Gasteiger partial charge in [-0.15, -0.1) is 0 Å². The van der Waals surface area contributed by atoms with Crippen LogP contribution in [0.1, 0.15) is 44.1 Å². The third-order valence-electron chi connectivity index (χ3n) is 3.47. The Labute approximate surface area is 136 Å². The summed E-state index contributed by atoms with van der Waals surface area (Å²) in [6.45, 7) is 6.97. The third-order valence-corrected chi connectivity index (χ3v) is 3.47. The van der Waals surface area contributed by atoms with Gasteiger partial charge in [0.1, 0.15) is 11.3 Å². The lowest BCUT2D eigenvalue weighted by atomic mass is 10.1. The molecule has 0 aliphatic carbocycles. The Kier molecular flexibility index (Phi) is 5.65. The molecule has 1 aliphatic rings. The quantitative estimate of drug-likeness (QED) is 0.849. The first kappa shape index (κ1) is 17.3. The van der Waals surface area contributed by atoms with Crippen LogP contribution in [0.2, 0.25) is 0 Å². The van der Waals surface area contributed by atoms with Gasteiger partial charge in [0.25, 0.3) is 0 Å². The van der Waals surface area contributed by atoms with Crippen molar-refractivity contribution >= 4 is 11.9 Å². The monoisotopic (exact) mass is 320 g/mol. The lowest BCUT2D eigenvalue weighted by molar-refractivity contribution is 0.0188. The Morgan fingerprint density at radius 2 is 2.17 bits per heavy atom. The van der Waals surface area contributed by atoms with E-state index in [1.165, 1.54) is 18.6 Å². The summed E-state index contributed by atoms with van der Waals surface area (Å²) in [4.78, 5) is 33.7. The van der Waals surface area contributed by atoms with Crippen LogP contribution in [-0.4, -0.2) is 58.0 Å². The van der Waals surface area contributed by atoms with Gasteiger partial charge < -0.3 is 15.0 Å². The highest BCUT2D eigenvalue weighted by molar-refractivity contribution is 5.95. The molecule has 23 heavy (non-hydrogen) atoms. The average molecular weight is 320 g/mol. The van der Waals surface area contributed by atoms with Gasteiger partial charge in [0.2, 0.25) is 0 Å². The van der Waals surface area contributed by atoms with Crippen LogP contribution >= 0.6 is 0 Å². The minimum absolute atomic E-state index is 0.0805. The molecule has 7 nitrogen and oxygen atoms in total. The van der Waals surface area contributed by atoms with Crippen LogP contribution in [0.15, 0.2) is 18.6 Å². The number of rotatable bonds is 4. The zero-order valence-corrected chi connectivity index (χ0v) is 13.9. The van der Waals surface area contributed by atoms with Gasteiger partial charge >= 0.3 is 6.09 Å². The Balaban J connectivity index is 1.82. The van der Waals surface area contributed by atoms with Gasteiger partial charge in [0.05, 0.1) is 12.7 Å². The van der Waals surface area contributed by atoms with E-state index in [0.717, 1.165) is 12.8 Å². The summed E-state index contributed by atoms with van der Waals surface area (Å²) < 4.78 is 5.39. The summed E-state index contributed by atoms with van der Waals surface area (Å²) in [5, 5.41) is 3.20. The summed E-state index contributed by atoms with van der Waals surface area (Å²) in [6.07, 6.45) is 5.99. The van der Waals surface area contributed by atoms with Crippen molar-refractivity contribution < 1.29 is 14.3 Å². The molecule has 1 fully saturated rings. The van der Waals surface area contributed by atoms with E-state index in [1.54, 1.807) is 4.90 Å². The molecule has 0 radical (unpaired) electrons. The van der Waals surface area contributed by atoms with Crippen molar-refractivity contribution in [2.75, 3.05) is 19.6 Å². The molecule has 1 N–H and O–H groups in total. The Morgan fingerprint density at radius 3 is 2.83 bits per heavy atom. The van der Waals surface area contributed by atoms with Crippen molar-refractivity contribution in [3.8, 4) is 0 Å². The van der Waals surface area contributed by atoms with E-state index in [0.29, 0.717) is 18.8 Å². The SMILES string of the molecule is CC(C)(C)OC(=O)N1CCC[C@@H](NCC(=O)c2cnccn2)C1. The molecule has 1 amide bonds. The first-order valence-corrected chi connectivity index (χ1v) is 7.86. The number of aromatic nitrogens is 2. The number of ketones is 1. The van der Waals surface area contributed by atoms with Crippen molar-refractivity contribution in [1.29, 1.82) is 0 Å². The number of amides is 1. The number of piperidine rings is 1. The van der Waals surface area contributed by atoms with Crippen LogP contribution < -0.4 is 5.32 Å². The lowest BCUT2D eigenvalue weighted by Crippen LogP contribution is -2.50. The fourth-order valence-corrected chi connectivity index (χ4v) is 2.41. The molecule has 1 saturated heterocycles. The van der Waals surface area contributed by atoms with Crippen LogP contribution in [0, 0.1) is 0 Å². The van der Waals surface area contributed by atoms with E-state index >= 15 is 0 Å². The lowest BCUT2D eigenvalue weighted by Gasteiger charge is -2.34. The first-order valence-electron chi connectivity index (χ1n) is 7.86. The molecular weight excluding hydrogens is 296 g/mol. The molecular formula is C16H24N4O3. The predicted molar refractivity (Wildman–Crippen MR) is 85.2 cm³/mol. The molecule has 0 bridgehead atoms. The second-order valence-corrected chi connectivity index (χ2v) is 6.66. The van der Waals surface area contributed by atoms with Crippen molar-refractivity contribution in [2.45, 2.75) is 45.3 Å². The first-order chi connectivity index (χ1) is 10.8. The highest BCUT2D eigenvalue weighted by atomic mass is 16.6. The van der Waals surface area contributed by atoms with Crippen molar-refractivity contribution in [1.82, 2.24) is 20.2 Å². The highest BCUT2D eigenvalue weighted by Crippen LogP contribution is 2.15. The van der Waals surface area contributed by atoms with Crippen molar-refractivity contribution in [2.24, 2.45) is 0 Å². The average Bonchev–Trinajstić information content (AvgIpc) is 2.52. The van der Waals surface area contributed by atoms with Crippen LogP contribution in [0.5, 0.6) is 0 Å². The van der Waals surface area contributed by atoms with Crippen molar-refractivity contribution in [3.63, 3.8) is 0 Å². The minimum Gasteiger partial charge on any atom is -0.444 e. The molecule has 1 aliphatic heterocycles. The number of nitrogens with one attached hydrogen (secondary N) is 1.